The molecule has 1 aromatic carbocycles. The van der Waals surface area contributed by atoms with Gasteiger partial charge in [-0.25, -0.2) is 4.98 Å². The SMILES string of the molecule is Nc1nc([C@H]2CCCN2c2ccc(OC3CSC3)cc2)cs1. The predicted molar refractivity (Wildman–Crippen MR) is 94.0 cm³/mol. The fourth-order valence-electron chi connectivity index (χ4n) is 3.03. The van der Waals surface area contributed by atoms with Crippen LogP contribution < -0.4 is 15.4 Å². The first-order valence-corrected chi connectivity index (χ1v) is 9.65. The molecule has 116 valence electrons. The van der Waals surface area contributed by atoms with Gasteiger partial charge in [0.2, 0.25) is 0 Å². The van der Waals surface area contributed by atoms with Gasteiger partial charge in [-0.15, -0.1) is 11.3 Å². The van der Waals surface area contributed by atoms with Crippen molar-refractivity contribution in [2.75, 3.05) is 28.7 Å². The van der Waals surface area contributed by atoms with Gasteiger partial charge in [0.1, 0.15) is 11.9 Å². The molecular formula is C16H19N3OS2. The van der Waals surface area contributed by atoms with Crippen molar-refractivity contribution in [1.29, 1.82) is 0 Å². The highest BCUT2D eigenvalue weighted by Gasteiger charge is 2.28. The largest absolute Gasteiger partial charge is 0.489 e. The smallest absolute Gasteiger partial charge is 0.180 e. The molecule has 1 atom stereocenters. The highest BCUT2D eigenvalue weighted by molar-refractivity contribution is 8.00. The molecule has 0 bridgehead atoms. The molecule has 3 heterocycles. The zero-order valence-corrected chi connectivity index (χ0v) is 13.9. The molecule has 2 aliphatic rings. The van der Waals surface area contributed by atoms with Crippen LogP contribution in [0.1, 0.15) is 24.6 Å². The molecule has 2 fully saturated rings. The monoisotopic (exact) mass is 333 g/mol. The van der Waals surface area contributed by atoms with E-state index in [1.165, 1.54) is 23.4 Å². The minimum absolute atomic E-state index is 0.350. The number of anilines is 2. The van der Waals surface area contributed by atoms with Gasteiger partial charge in [0.15, 0.2) is 5.13 Å². The Hall–Kier alpha value is -1.40. The van der Waals surface area contributed by atoms with Gasteiger partial charge in [-0.2, -0.15) is 11.8 Å². The molecule has 2 aliphatic heterocycles. The number of thioether (sulfide) groups is 1. The lowest BCUT2D eigenvalue weighted by molar-refractivity contribution is 0.240. The van der Waals surface area contributed by atoms with E-state index in [-0.39, 0.29) is 0 Å². The summed E-state index contributed by atoms with van der Waals surface area (Å²) < 4.78 is 5.92. The summed E-state index contributed by atoms with van der Waals surface area (Å²) in [5, 5.41) is 2.74. The summed E-state index contributed by atoms with van der Waals surface area (Å²) in [5.74, 6) is 3.20. The fraction of sp³-hybridized carbons (Fsp3) is 0.438. The standard InChI is InChI=1S/C16H19N3OS2/c17-16-18-14(10-22-16)15-2-1-7-19(15)11-3-5-12(6-4-11)20-13-8-21-9-13/h3-6,10,13,15H,1-2,7-9H2,(H2,17,18)/t15-/m1/s1. The Morgan fingerprint density at radius 1 is 1.23 bits per heavy atom. The maximum atomic E-state index is 5.92. The molecule has 22 heavy (non-hydrogen) atoms. The van der Waals surface area contributed by atoms with Crippen LogP contribution in [-0.2, 0) is 0 Å². The first kappa shape index (κ1) is 14.2. The summed E-state index contributed by atoms with van der Waals surface area (Å²) in [5.41, 5.74) is 8.13. The van der Waals surface area contributed by atoms with Gasteiger partial charge in [-0.05, 0) is 37.1 Å². The van der Waals surface area contributed by atoms with Crippen LogP contribution in [0, 0.1) is 0 Å². The van der Waals surface area contributed by atoms with Crippen molar-refractivity contribution in [3.63, 3.8) is 0 Å². The molecule has 0 aliphatic carbocycles. The van der Waals surface area contributed by atoms with Crippen LogP contribution in [0.5, 0.6) is 5.75 Å². The molecule has 2 N–H and O–H groups in total. The summed E-state index contributed by atoms with van der Waals surface area (Å²) >= 11 is 3.46. The van der Waals surface area contributed by atoms with Crippen LogP contribution in [0.25, 0.3) is 0 Å². The second-order valence-electron chi connectivity index (χ2n) is 5.73. The fourth-order valence-corrected chi connectivity index (χ4v) is 4.20. The van der Waals surface area contributed by atoms with E-state index in [0.29, 0.717) is 17.3 Å². The summed E-state index contributed by atoms with van der Waals surface area (Å²) in [6, 6.07) is 8.85. The van der Waals surface area contributed by atoms with Crippen molar-refractivity contribution in [1.82, 2.24) is 4.98 Å². The van der Waals surface area contributed by atoms with Crippen LogP contribution in [0.4, 0.5) is 10.8 Å². The molecule has 0 amide bonds. The number of hydrogen-bond acceptors (Lipinski definition) is 6. The second-order valence-corrected chi connectivity index (χ2v) is 7.70. The highest BCUT2D eigenvalue weighted by atomic mass is 32.2. The minimum Gasteiger partial charge on any atom is -0.489 e. The Morgan fingerprint density at radius 2 is 2.05 bits per heavy atom. The molecule has 2 saturated heterocycles. The normalized spacial score (nSPS) is 21.8. The van der Waals surface area contributed by atoms with Crippen molar-refractivity contribution in [2.24, 2.45) is 0 Å². The van der Waals surface area contributed by atoms with E-state index in [9.17, 15) is 0 Å². The molecule has 0 spiro atoms. The third kappa shape index (κ3) is 2.77. The molecular weight excluding hydrogens is 314 g/mol. The predicted octanol–water partition coefficient (Wildman–Crippen LogP) is 3.56. The average molecular weight is 333 g/mol. The van der Waals surface area contributed by atoms with Crippen molar-refractivity contribution in [3.8, 4) is 5.75 Å². The summed E-state index contributed by atoms with van der Waals surface area (Å²) in [6.07, 6.45) is 2.73. The van der Waals surface area contributed by atoms with Gasteiger partial charge in [0.05, 0.1) is 11.7 Å². The number of nitrogen functional groups attached to an aromatic ring is 1. The number of aromatic nitrogens is 1. The number of hydrogen-bond donors (Lipinski definition) is 1. The Labute approximate surface area is 138 Å². The van der Waals surface area contributed by atoms with E-state index in [1.807, 2.05) is 11.8 Å². The quantitative estimate of drug-likeness (QED) is 0.927. The lowest BCUT2D eigenvalue weighted by atomic mass is 10.1. The van der Waals surface area contributed by atoms with Crippen LogP contribution in [0.15, 0.2) is 29.6 Å². The highest BCUT2D eigenvalue weighted by Crippen LogP contribution is 2.37. The summed E-state index contributed by atoms with van der Waals surface area (Å²) in [7, 11) is 0. The first-order valence-electron chi connectivity index (χ1n) is 7.61. The van der Waals surface area contributed by atoms with Crippen molar-refractivity contribution in [3.05, 3.63) is 35.3 Å². The van der Waals surface area contributed by atoms with Gasteiger partial charge in [-0.1, -0.05) is 0 Å². The molecule has 0 unspecified atom stereocenters. The Kier molecular flexibility index (Phi) is 3.88. The van der Waals surface area contributed by atoms with Gasteiger partial charge in [0.25, 0.3) is 0 Å². The van der Waals surface area contributed by atoms with Crippen molar-refractivity contribution >= 4 is 33.9 Å². The third-order valence-electron chi connectivity index (χ3n) is 4.21. The van der Waals surface area contributed by atoms with E-state index < -0.39 is 0 Å². The van der Waals surface area contributed by atoms with E-state index >= 15 is 0 Å². The second kappa shape index (κ2) is 6.01. The van der Waals surface area contributed by atoms with Crippen LogP contribution >= 0.6 is 23.1 Å². The third-order valence-corrected chi connectivity index (χ3v) is 6.12. The lowest BCUT2D eigenvalue weighted by Crippen LogP contribution is -2.31. The molecule has 4 rings (SSSR count). The molecule has 0 radical (unpaired) electrons. The van der Waals surface area contributed by atoms with Crippen molar-refractivity contribution < 1.29 is 4.74 Å². The topological polar surface area (TPSA) is 51.4 Å². The number of ether oxygens (including phenoxy) is 1. The Bertz CT molecular complexity index is 639. The van der Waals surface area contributed by atoms with Gasteiger partial charge in [-0.3, -0.25) is 0 Å². The van der Waals surface area contributed by atoms with Crippen molar-refractivity contribution in [2.45, 2.75) is 25.0 Å². The van der Waals surface area contributed by atoms with Crippen LogP contribution in [0.3, 0.4) is 0 Å². The van der Waals surface area contributed by atoms with Crippen LogP contribution in [0.2, 0.25) is 0 Å². The number of thiazole rings is 1. The van der Waals surface area contributed by atoms with Gasteiger partial charge < -0.3 is 15.4 Å². The number of benzene rings is 1. The van der Waals surface area contributed by atoms with Gasteiger partial charge in [0, 0.05) is 29.1 Å². The maximum absolute atomic E-state index is 5.92. The van der Waals surface area contributed by atoms with E-state index in [4.69, 9.17) is 10.5 Å². The van der Waals surface area contributed by atoms with E-state index in [0.717, 1.165) is 35.9 Å². The average Bonchev–Trinajstić information content (AvgIpc) is 3.12. The first-order chi connectivity index (χ1) is 10.8. The molecule has 2 aromatic rings. The van der Waals surface area contributed by atoms with Gasteiger partial charge >= 0.3 is 0 Å². The zero-order chi connectivity index (χ0) is 14.9. The maximum Gasteiger partial charge on any atom is 0.180 e. The molecule has 1 aromatic heterocycles. The molecule has 6 heteroatoms. The minimum atomic E-state index is 0.350. The summed E-state index contributed by atoms with van der Waals surface area (Å²) in [6.45, 7) is 1.07. The zero-order valence-electron chi connectivity index (χ0n) is 12.3. The summed E-state index contributed by atoms with van der Waals surface area (Å²) in [4.78, 5) is 6.90. The number of nitrogens with zero attached hydrogens (tertiary/aromatic N) is 2. The van der Waals surface area contributed by atoms with Crippen LogP contribution in [-0.4, -0.2) is 29.1 Å². The molecule has 4 nitrogen and oxygen atoms in total. The number of rotatable bonds is 4. The van der Waals surface area contributed by atoms with E-state index in [2.05, 4.69) is 39.5 Å². The Balaban J connectivity index is 1.50. The number of nitrogens with two attached hydrogens (primary N) is 1. The Morgan fingerprint density at radius 3 is 2.68 bits per heavy atom. The lowest BCUT2D eigenvalue weighted by Gasteiger charge is -2.27. The van der Waals surface area contributed by atoms with E-state index in [1.54, 1.807) is 0 Å². The molecule has 0 saturated carbocycles.